The molecule has 0 bridgehead atoms. The van der Waals surface area contributed by atoms with Gasteiger partial charge in [-0.2, -0.15) is 0 Å². The van der Waals surface area contributed by atoms with Crippen LogP contribution in [0.1, 0.15) is 11.1 Å². The van der Waals surface area contributed by atoms with Gasteiger partial charge in [0.25, 0.3) is 0 Å². The van der Waals surface area contributed by atoms with Crippen molar-refractivity contribution in [3.8, 4) is 0 Å². The van der Waals surface area contributed by atoms with Gasteiger partial charge < -0.3 is 10.5 Å². The van der Waals surface area contributed by atoms with Gasteiger partial charge >= 0.3 is 0 Å². The van der Waals surface area contributed by atoms with E-state index in [0.29, 0.717) is 19.1 Å². The Bertz CT molecular complexity index is 456. The molecule has 0 atom stereocenters. The Hall–Kier alpha value is -1.29. The molecule has 2 N–H and O–H groups in total. The van der Waals surface area contributed by atoms with Crippen LogP contribution >= 0.6 is 11.8 Å². The van der Waals surface area contributed by atoms with E-state index in [2.05, 4.69) is 36.4 Å². The molecule has 94 valence electrons. The van der Waals surface area contributed by atoms with E-state index >= 15 is 0 Å². The monoisotopic (exact) mass is 259 g/mol. The molecular formula is C15H17NOS. The lowest BCUT2D eigenvalue weighted by Crippen LogP contribution is -1.95. The molecule has 18 heavy (non-hydrogen) atoms. The molecule has 0 aliphatic heterocycles. The van der Waals surface area contributed by atoms with Crippen LogP contribution in [0.3, 0.4) is 0 Å². The molecule has 2 nitrogen and oxygen atoms in total. The zero-order chi connectivity index (χ0) is 12.6. The van der Waals surface area contributed by atoms with Crippen LogP contribution in [0.5, 0.6) is 0 Å². The lowest BCUT2D eigenvalue weighted by molar-refractivity contribution is 0.169. The van der Waals surface area contributed by atoms with Gasteiger partial charge in [0.15, 0.2) is 0 Å². The van der Waals surface area contributed by atoms with Crippen LogP contribution in [0.4, 0.5) is 0 Å². The second kappa shape index (κ2) is 7.21. The fourth-order valence-corrected chi connectivity index (χ4v) is 2.20. The molecule has 0 radical (unpaired) electrons. The van der Waals surface area contributed by atoms with Crippen molar-refractivity contribution in [2.24, 2.45) is 5.73 Å². The molecule has 2 aromatic carbocycles. The van der Waals surface area contributed by atoms with E-state index in [1.54, 1.807) is 11.8 Å². The molecule has 3 heteroatoms. The van der Waals surface area contributed by atoms with Crippen LogP contribution < -0.4 is 5.73 Å². The summed E-state index contributed by atoms with van der Waals surface area (Å²) in [6.45, 7) is 1.25. The minimum absolute atomic E-state index is 0.593. The number of benzene rings is 2. The van der Waals surface area contributed by atoms with Crippen LogP contribution in [0, 0.1) is 0 Å². The van der Waals surface area contributed by atoms with E-state index in [9.17, 15) is 0 Å². The van der Waals surface area contributed by atoms with Gasteiger partial charge in [0.2, 0.25) is 0 Å². The van der Waals surface area contributed by atoms with Gasteiger partial charge in [0.05, 0.1) is 12.5 Å². The van der Waals surface area contributed by atoms with Crippen LogP contribution in [-0.4, -0.2) is 5.94 Å². The van der Waals surface area contributed by atoms with E-state index in [1.807, 2.05) is 18.2 Å². The first-order valence-corrected chi connectivity index (χ1v) is 6.90. The summed E-state index contributed by atoms with van der Waals surface area (Å²) in [6, 6.07) is 18.5. The molecule has 0 aliphatic rings. The largest absolute Gasteiger partial charge is 0.366 e. The Kier molecular flexibility index (Phi) is 5.27. The van der Waals surface area contributed by atoms with Crippen LogP contribution in [0.25, 0.3) is 0 Å². The van der Waals surface area contributed by atoms with Gasteiger partial charge in [-0.15, -0.1) is 0 Å². The summed E-state index contributed by atoms with van der Waals surface area (Å²) in [7, 11) is 0. The summed E-state index contributed by atoms with van der Waals surface area (Å²) in [6.07, 6.45) is 0. The van der Waals surface area contributed by atoms with Crippen molar-refractivity contribution < 1.29 is 4.74 Å². The highest BCUT2D eigenvalue weighted by Crippen LogP contribution is 2.18. The zero-order valence-corrected chi connectivity index (χ0v) is 11.0. The average Bonchev–Trinajstić information content (AvgIpc) is 2.45. The van der Waals surface area contributed by atoms with Gasteiger partial charge in [0.1, 0.15) is 0 Å². The van der Waals surface area contributed by atoms with Crippen molar-refractivity contribution in [3.05, 3.63) is 65.7 Å². The number of ether oxygens (including phenoxy) is 1. The smallest absolute Gasteiger partial charge is 0.0971 e. The third-order valence-corrected chi connectivity index (χ3v) is 3.47. The lowest BCUT2D eigenvalue weighted by Gasteiger charge is -2.05. The van der Waals surface area contributed by atoms with Crippen molar-refractivity contribution in [1.29, 1.82) is 0 Å². The molecular weight excluding hydrogens is 242 g/mol. The third kappa shape index (κ3) is 4.18. The molecule has 0 heterocycles. The molecule has 0 saturated heterocycles. The van der Waals surface area contributed by atoms with E-state index in [0.717, 1.165) is 5.56 Å². The van der Waals surface area contributed by atoms with Crippen molar-refractivity contribution >= 4 is 11.8 Å². The summed E-state index contributed by atoms with van der Waals surface area (Å²) in [5.41, 5.74) is 7.92. The topological polar surface area (TPSA) is 35.2 Å². The number of thioether (sulfide) groups is 1. The maximum Gasteiger partial charge on any atom is 0.0971 e. The number of hydrogen-bond donors (Lipinski definition) is 1. The average molecular weight is 259 g/mol. The molecule has 0 amide bonds. The molecule has 0 spiro atoms. The molecule has 0 fully saturated rings. The minimum atomic E-state index is 0.593. The fraction of sp³-hybridized carbons (Fsp3) is 0.200. The second-order valence-corrected chi connectivity index (χ2v) is 4.94. The first kappa shape index (κ1) is 13.1. The molecule has 0 aliphatic carbocycles. The molecule has 0 aromatic heterocycles. The Morgan fingerprint density at radius 3 is 2.28 bits per heavy atom. The maximum atomic E-state index is 5.62. The van der Waals surface area contributed by atoms with Gasteiger partial charge in [0, 0.05) is 11.4 Å². The summed E-state index contributed by atoms with van der Waals surface area (Å²) in [5, 5.41) is 0. The van der Waals surface area contributed by atoms with Crippen molar-refractivity contribution in [2.75, 3.05) is 5.94 Å². The summed E-state index contributed by atoms with van der Waals surface area (Å²) < 4.78 is 5.62. The van der Waals surface area contributed by atoms with Crippen molar-refractivity contribution in [2.45, 2.75) is 18.0 Å². The van der Waals surface area contributed by atoms with E-state index in [1.165, 1.54) is 10.5 Å². The Morgan fingerprint density at radius 2 is 1.61 bits per heavy atom. The van der Waals surface area contributed by atoms with E-state index in [4.69, 9.17) is 10.5 Å². The standard InChI is InChI=1S/C15H17NOS/c16-10-13-6-8-15(9-7-13)18-12-17-11-14-4-2-1-3-5-14/h1-9H,10-12,16H2. The van der Waals surface area contributed by atoms with Crippen molar-refractivity contribution in [1.82, 2.24) is 0 Å². The lowest BCUT2D eigenvalue weighted by atomic mass is 10.2. The quantitative estimate of drug-likeness (QED) is 0.490. The Labute approximate surface area is 112 Å². The molecule has 2 rings (SSSR count). The van der Waals surface area contributed by atoms with Crippen molar-refractivity contribution in [3.63, 3.8) is 0 Å². The van der Waals surface area contributed by atoms with Gasteiger partial charge in [-0.1, -0.05) is 54.2 Å². The molecule has 2 aromatic rings. The van der Waals surface area contributed by atoms with E-state index < -0.39 is 0 Å². The zero-order valence-electron chi connectivity index (χ0n) is 10.2. The SMILES string of the molecule is NCc1ccc(SCOCc2ccccc2)cc1. The van der Waals surface area contributed by atoms with Gasteiger partial charge in [-0.05, 0) is 23.3 Å². The highest BCUT2D eigenvalue weighted by Gasteiger charge is 1.96. The summed E-state index contributed by atoms with van der Waals surface area (Å²) in [4.78, 5) is 1.21. The minimum Gasteiger partial charge on any atom is -0.366 e. The van der Waals surface area contributed by atoms with E-state index in [-0.39, 0.29) is 0 Å². The fourth-order valence-electron chi connectivity index (χ4n) is 1.57. The van der Waals surface area contributed by atoms with Gasteiger partial charge in [-0.25, -0.2) is 0 Å². The predicted molar refractivity (Wildman–Crippen MR) is 76.3 cm³/mol. The third-order valence-electron chi connectivity index (χ3n) is 2.58. The van der Waals surface area contributed by atoms with Crippen LogP contribution in [-0.2, 0) is 17.9 Å². The first-order chi connectivity index (χ1) is 8.88. The Morgan fingerprint density at radius 1 is 0.889 bits per heavy atom. The highest BCUT2D eigenvalue weighted by atomic mass is 32.2. The molecule has 0 unspecified atom stereocenters. The maximum absolute atomic E-state index is 5.62. The number of hydrogen-bond acceptors (Lipinski definition) is 3. The van der Waals surface area contributed by atoms with Gasteiger partial charge in [-0.3, -0.25) is 0 Å². The Balaban J connectivity index is 1.72. The number of rotatable bonds is 6. The normalized spacial score (nSPS) is 10.5. The van der Waals surface area contributed by atoms with Crippen LogP contribution in [0.15, 0.2) is 59.5 Å². The van der Waals surface area contributed by atoms with Crippen LogP contribution in [0.2, 0.25) is 0 Å². The molecule has 0 saturated carbocycles. The number of nitrogens with two attached hydrogens (primary N) is 1. The summed E-state index contributed by atoms with van der Waals surface area (Å²) in [5.74, 6) is 0.664. The summed E-state index contributed by atoms with van der Waals surface area (Å²) >= 11 is 1.70. The highest BCUT2D eigenvalue weighted by molar-refractivity contribution is 7.99. The predicted octanol–water partition coefficient (Wildman–Crippen LogP) is 3.41. The first-order valence-electron chi connectivity index (χ1n) is 5.92. The second-order valence-electron chi connectivity index (χ2n) is 3.94.